The van der Waals surface area contributed by atoms with Crippen molar-refractivity contribution >= 4 is 10.0 Å². The molecule has 2 N–H and O–H groups in total. The van der Waals surface area contributed by atoms with Crippen molar-refractivity contribution in [3.63, 3.8) is 0 Å². The van der Waals surface area contributed by atoms with Crippen LogP contribution < -0.4 is 5.73 Å². The highest BCUT2D eigenvalue weighted by Crippen LogP contribution is 2.29. The molecule has 7 heteroatoms. The summed E-state index contributed by atoms with van der Waals surface area (Å²) in [7, 11) is -2.20. The average Bonchev–Trinajstić information content (AvgIpc) is 2.47. The molecule has 0 amide bonds. The summed E-state index contributed by atoms with van der Waals surface area (Å²) in [6.45, 7) is 2.59. The summed E-state index contributed by atoms with van der Waals surface area (Å²) >= 11 is 0. The van der Waals surface area contributed by atoms with Gasteiger partial charge < -0.3 is 10.5 Å². The van der Waals surface area contributed by atoms with Crippen molar-refractivity contribution in [2.24, 2.45) is 5.73 Å². The molecule has 21 heavy (non-hydrogen) atoms. The fourth-order valence-corrected chi connectivity index (χ4v) is 4.44. The van der Waals surface area contributed by atoms with Crippen LogP contribution in [0, 0.1) is 5.82 Å². The third-order valence-electron chi connectivity index (χ3n) is 3.98. The average molecular weight is 316 g/mol. The number of ether oxygens (including phenoxy) is 1. The fraction of sp³-hybridized carbons (Fsp3) is 0.571. The summed E-state index contributed by atoms with van der Waals surface area (Å²) in [6, 6.07) is 3.68. The van der Waals surface area contributed by atoms with Crippen molar-refractivity contribution < 1.29 is 17.5 Å². The molecule has 1 atom stereocenters. The van der Waals surface area contributed by atoms with Gasteiger partial charge in [0.2, 0.25) is 10.0 Å². The number of rotatable bonds is 4. The molecule has 5 nitrogen and oxygen atoms in total. The second-order valence-corrected chi connectivity index (χ2v) is 7.46. The van der Waals surface area contributed by atoms with Crippen molar-refractivity contribution in [3.05, 3.63) is 29.6 Å². The summed E-state index contributed by atoms with van der Waals surface area (Å²) < 4.78 is 45.8. The van der Waals surface area contributed by atoms with Crippen LogP contribution in [0.4, 0.5) is 4.39 Å². The number of hydrogen-bond acceptors (Lipinski definition) is 4. The van der Waals surface area contributed by atoms with E-state index < -0.39 is 21.4 Å². The molecule has 0 saturated carbocycles. The SMILES string of the molecule is COC1(C)CCCN(S(=O)(=O)c2cc(F)ccc2CN)C1. The molecule has 0 aliphatic carbocycles. The van der Waals surface area contributed by atoms with Crippen molar-refractivity contribution in [2.45, 2.75) is 36.8 Å². The van der Waals surface area contributed by atoms with Gasteiger partial charge in [-0.25, -0.2) is 12.8 Å². The number of sulfonamides is 1. The molecule has 1 aliphatic rings. The van der Waals surface area contributed by atoms with E-state index in [1.54, 1.807) is 7.11 Å². The van der Waals surface area contributed by atoms with Gasteiger partial charge in [0.1, 0.15) is 5.82 Å². The Balaban J connectivity index is 2.40. The van der Waals surface area contributed by atoms with Crippen LogP contribution in [0.15, 0.2) is 23.1 Å². The van der Waals surface area contributed by atoms with Crippen LogP contribution in [0.25, 0.3) is 0 Å². The Morgan fingerprint density at radius 3 is 2.81 bits per heavy atom. The maximum Gasteiger partial charge on any atom is 0.243 e. The van der Waals surface area contributed by atoms with Crippen LogP contribution >= 0.6 is 0 Å². The number of halogens is 1. The molecule has 1 aromatic rings. The maximum atomic E-state index is 13.5. The first-order chi connectivity index (χ1) is 9.82. The van der Waals surface area contributed by atoms with Crippen LogP contribution in [0.2, 0.25) is 0 Å². The number of methoxy groups -OCH3 is 1. The summed E-state index contributed by atoms with van der Waals surface area (Å²) in [5, 5.41) is 0. The van der Waals surface area contributed by atoms with Crippen molar-refractivity contribution in [1.29, 1.82) is 0 Å². The number of nitrogens with zero attached hydrogens (tertiary/aromatic N) is 1. The second kappa shape index (κ2) is 6.00. The van der Waals surface area contributed by atoms with E-state index in [4.69, 9.17) is 10.5 Å². The molecule has 1 heterocycles. The first-order valence-electron chi connectivity index (χ1n) is 6.86. The molecular formula is C14H21FN2O3S. The van der Waals surface area contributed by atoms with Crippen molar-refractivity contribution in [3.8, 4) is 0 Å². The van der Waals surface area contributed by atoms with E-state index in [-0.39, 0.29) is 18.0 Å². The number of hydrogen-bond donors (Lipinski definition) is 1. The van der Waals surface area contributed by atoms with Gasteiger partial charge in [-0.2, -0.15) is 4.31 Å². The van der Waals surface area contributed by atoms with E-state index in [2.05, 4.69) is 0 Å². The molecule has 118 valence electrons. The van der Waals surface area contributed by atoms with Gasteiger partial charge in [0.25, 0.3) is 0 Å². The molecule has 0 spiro atoms. The highest BCUT2D eigenvalue weighted by atomic mass is 32.2. The third kappa shape index (κ3) is 3.26. The molecule has 0 bridgehead atoms. The number of nitrogens with two attached hydrogens (primary N) is 1. The lowest BCUT2D eigenvalue weighted by Gasteiger charge is -2.38. The molecule has 1 unspecified atom stereocenters. The molecule has 2 rings (SSSR count). The number of benzene rings is 1. The second-order valence-electron chi connectivity index (χ2n) is 5.55. The van der Waals surface area contributed by atoms with Gasteiger partial charge in [-0.1, -0.05) is 6.07 Å². The topological polar surface area (TPSA) is 72.6 Å². The summed E-state index contributed by atoms with van der Waals surface area (Å²) in [4.78, 5) is -0.0506. The van der Waals surface area contributed by atoms with Crippen LogP contribution in [0.1, 0.15) is 25.3 Å². The molecular weight excluding hydrogens is 295 g/mol. The van der Waals surface area contributed by atoms with Crippen LogP contribution in [-0.2, 0) is 21.3 Å². The van der Waals surface area contributed by atoms with E-state index >= 15 is 0 Å². The molecule has 0 aromatic heterocycles. The highest BCUT2D eigenvalue weighted by molar-refractivity contribution is 7.89. The Morgan fingerprint density at radius 1 is 1.48 bits per heavy atom. The molecule has 1 fully saturated rings. The van der Waals surface area contributed by atoms with E-state index in [1.165, 1.54) is 16.4 Å². The molecule has 1 saturated heterocycles. The third-order valence-corrected chi connectivity index (χ3v) is 5.91. The van der Waals surface area contributed by atoms with Gasteiger partial charge in [0, 0.05) is 26.7 Å². The Hall–Kier alpha value is -1.02. The summed E-state index contributed by atoms with van der Waals surface area (Å²) in [5.74, 6) is -0.586. The van der Waals surface area contributed by atoms with Crippen LogP contribution in [0.3, 0.4) is 0 Å². The largest absolute Gasteiger partial charge is 0.377 e. The first-order valence-corrected chi connectivity index (χ1v) is 8.30. The van der Waals surface area contributed by atoms with Crippen molar-refractivity contribution in [1.82, 2.24) is 4.31 Å². The molecule has 0 radical (unpaired) electrons. The predicted octanol–water partition coefficient (Wildman–Crippen LogP) is 1.47. The van der Waals surface area contributed by atoms with Gasteiger partial charge in [0.05, 0.1) is 10.5 Å². The summed E-state index contributed by atoms with van der Waals surface area (Å²) in [5.41, 5.74) is 5.48. The van der Waals surface area contributed by atoms with Gasteiger partial charge in [-0.15, -0.1) is 0 Å². The van der Waals surface area contributed by atoms with E-state index in [9.17, 15) is 12.8 Å². The standard InChI is InChI=1S/C14H21FN2O3S/c1-14(20-2)6-3-7-17(10-14)21(18,19)13-8-12(15)5-4-11(13)9-16/h4-5,8H,3,6-7,9-10,16H2,1-2H3. The quantitative estimate of drug-likeness (QED) is 0.913. The van der Waals surface area contributed by atoms with Gasteiger partial charge in [-0.3, -0.25) is 0 Å². The van der Waals surface area contributed by atoms with Crippen molar-refractivity contribution in [2.75, 3.05) is 20.2 Å². The smallest absolute Gasteiger partial charge is 0.243 e. The monoisotopic (exact) mass is 316 g/mol. The minimum atomic E-state index is -3.78. The van der Waals surface area contributed by atoms with Gasteiger partial charge >= 0.3 is 0 Å². The van der Waals surface area contributed by atoms with Crippen LogP contribution in [-0.4, -0.2) is 38.5 Å². The van der Waals surface area contributed by atoms with E-state index in [1.807, 2.05) is 6.92 Å². The lowest BCUT2D eigenvalue weighted by Crippen LogP contribution is -2.49. The zero-order valence-electron chi connectivity index (χ0n) is 12.3. The van der Waals surface area contributed by atoms with E-state index in [0.29, 0.717) is 18.5 Å². The zero-order chi connectivity index (χ0) is 15.7. The number of piperidine rings is 1. The predicted molar refractivity (Wildman–Crippen MR) is 77.7 cm³/mol. The summed E-state index contributed by atoms with van der Waals surface area (Å²) in [6.07, 6.45) is 1.50. The Morgan fingerprint density at radius 2 is 2.19 bits per heavy atom. The van der Waals surface area contributed by atoms with E-state index in [0.717, 1.165) is 12.5 Å². The van der Waals surface area contributed by atoms with Gasteiger partial charge in [0.15, 0.2) is 0 Å². The lowest BCUT2D eigenvalue weighted by molar-refractivity contribution is -0.0319. The van der Waals surface area contributed by atoms with Crippen LogP contribution in [0.5, 0.6) is 0 Å². The molecule has 1 aromatic carbocycles. The molecule has 1 aliphatic heterocycles. The normalized spacial score (nSPS) is 24.2. The highest BCUT2D eigenvalue weighted by Gasteiger charge is 2.37. The minimum Gasteiger partial charge on any atom is -0.377 e. The minimum absolute atomic E-state index is 0.0459. The Kier molecular flexibility index (Phi) is 4.67. The lowest BCUT2D eigenvalue weighted by atomic mass is 9.96. The fourth-order valence-electron chi connectivity index (χ4n) is 2.61. The first kappa shape index (κ1) is 16.4. The Labute approximate surface area is 124 Å². The Bertz CT molecular complexity index is 621. The zero-order valence-corrected chi connectivity index (χ0v) is 13.1. The maximum absolute atomic E-state index is 13.5. The van der Waals surface area contributed by atoms with Gasteiger partial charge in [-0.05, 0) is 37.5 Å².